The predicted octanol–water partition coefficient (Wildman–Crippen LogP) is 0.661. The lowest BCUT2D eigenvalue weighted by molar-refractivity contribution is -0.139. The SMILES string of the molecule is COc1ccccc1CC1CCCN1CC(=O)N1CCNC(=O)C1. The number of amides is 2. The van der Waals surface area contributed by atoms with Gasteiger partial charge in [0.2, 0.25) is 11.8 Å². The van der Waals surface area contributed by atoms with Crippen LogP contribution in [0.1, 0.15) is 18.4 Å². The Morgan fingerprint density at radius 2 is 2.17 bits per heavy atom. The Kier molecular flexibility index (Phi) is 5.35. The molecule has 1 unspecified atom stereocenters. The Hall–Kier alpha value is -2.08. The molecule has 2 saturated heterocycles. The molecule has 0 spiro atoms. The molecule has 2 fully saturated rings. The summed E-state index contributed by atoms with van der Waals surface area (Å²) in [7, 11) is 1.69. The normalized spacial score (nSPS) is 21.6. The Morgan fingerprint density at radius 3 is 2.96 bits per heavy atom. The van der Waals surface area contributed by atoms with Gasteiger partial charge in [0.05, 0.1) is 20.2 Å². The van der Waals surface area contributed by atoms with Crippen molar-refractivity contribution in [2.24, 2.45) is 0 Å². The van der Waals surface area contributed by atoms with Gasteiger partial charge >= 0.3 is 0 Å². The molecule has 1 aromatic carbocycles. The molecule has 0 saturated carbocycles. The molecule has 0 radical (unpaired) electrons. The number of piperazine rings is 1. The van der Waals surface area contributed by atoms with Crippen LogP contribution in [0.25, 0.3) is 0 Å². The van der Waals surface area contributed by atoms with Crippen molar-refractivity contribution in [3.63, 3.8) is 0 Å². The molecule has 6 nitrogen and oxygen atoms in total. The summed E-state index contributed by atoms with van der Waals surface area (Å²) in [5.41, 5.74) is 1.18. The number of ether oxygens (including phenoxy) is 1. The maximum absolute atomic E-state index is 12.5. The van der Waals surface area contributed by atoms with Crippen LogP contribution in [0.3, 0.4) is 0 Å². The molecular weight excluding hydrogens is 306 g/mol. The van der Waals surface area contributed by atoms with Crippen LogP contribution in [-0.2, 0) is 16.0 Å². The standard InChI is InChI=1S/C18H25N3O3/c1-24-16-7-3-2-5-14(16)11-15-6-4-9-20(15)13-18(23)21-10-8-19-17(22)12-21/h2-3,5,7,15H,4,6,8-13H2,1H3,(H,19,22). The molecule has 2 aliphatic heterocycles. The van der Waals surface area contributed by atoms with Gasteiger partial charge in [-0.1, -0.05) is 18.2 Å². The summed E-state index contributed by atoms with van der Waals surface area (Å²) in [5, 5.41) is 2.75. The van der Waals surface area contributed by atoms with E-state index >= 15 is 0 Å². The summed E-state index contributed by atoms with van der Waals surface area (Å²) in [4.78, 5) is 27.9. The van der Waals surface area contributed by atoms with E-state index in [9.17, 15) is 9.59 Å². The molecule has 0 aromatic heterocycles. The first-order valence-electron chi connectivity index (χ1n) is 8.58. The van der Waals surface area contributed by atoms with E-state index in [1.807, 2.05) is 18.2 Å². The molecular formula is C18H25N3O3. The number of hydrogen-bond donors (Lipinski definition) is 1. The van der Waals surface area contributed by atoms with Gasteiger partial charge in [0, 0.05) is 19.1 Å². The summed E-state index contributed by atoms with van der Waals surface area (Å²) in [5.74, 6) is 0.891. The Morgan fingerprint density at radius 1 is 1.33 bits per heavy atom. The van der Waals surface area contributed by atoms with Crippen LogP contribution in [0.5, 0.6) is 5.75 Å². The van der Waals surface area contributed by atoms with E-state index in [-0.39, 0.29) is 18.4 Å². The molecule has 6 heteroatoms. The second kappa shape index (κ2) is 7.66. The van der Waals surface area contributed by atoms with Crippen molar-refractivity contribution < 1.29 is 14.3 Å². The maximum atomic E-state index is 12.5. The fourth-order valence-electron chi connectivity index (χ4n) is 3.59. The van der Waals surface area contributed by atoms with Crippen LogP contribution >= 0.6 is 0 Å². The summed E-state index contributed by atoms with van der Waals surface area (Å²) in [6.07, 6.45) is 3.08. The fraction of sp³-hybridized carbons (Fsp3) is 0.556. The highest BCUT2D eigenvalue weighted by molar-refractivity contribution is 5.86. The molecule has 2 heterocycles. The van der Waals surface area contributed by atoms with E-state index in [2.05, 4.69) is 16.3 Å². The van der Waals surface area contributed by atoms with E-state index in [4.69, 9.17) is 4.74 Å². The lowest BCUT2D eigenvalue weighted by Crippen LogP contribution is -2.52. The van der Waals surface area contributed by atoms with Crippen molar-refractivity contribution in [1.82, 2.24) is 15.1 Å². The number of nitrogens with one attached hydrogen (secondary N) is 1. The second-order valence-electron chi connectivity index (χ2n) is 6.45. The van der Waals surface area contributed by atoms with Crippen molar-refractivity contribution in [2.75, 3.05) is 39.8 Å². The zero-order valence-electron chi connectivity index (χ0n) is 14.2. The van der Waals surface area contributed by atoms with E-state index in [1.54, 1.807) is 12.0 Å². The highest BCUT2D eigenvalue weighted by Gasteiger charge is 2.29. The highest BCUT2D eigenvalue weighted by atomic mass is 16.5. The number of rotatable bonds is 5. The largest absolute Gasteiger partial charge is 0.496 e. The van der Waals surface area contributed by atoms with E-state index in [0.29, 0.717) is 25.7 Å². The molecule has 1 atom stereocenters. The van der Waals surface area contributed by atoms with E-state index in [0.717, 1.165) is 31.6 Å². The van der Waals surface area contributed by atoms with Crippen LogP contribution in [0.15, 0.2) is 24.3 Å². The van der Waals surface area contributed by atoms with Crippen molar-refractivity contribution in [1.29, 1.82) is 0 Å². The lowest BCUT2D eigenvalue weighted by Gasteiger charge is -2.30. The highest BCUT2D eigenvalue weighted by Crippen LogP contribution is 2.25. The van der Waals surface area contributed by atoms with Gasteiger partial charge < -0.3 is 15.0 Å². The molecule has 1 N–H and O–H groups in total. The monoisotopic (exact) mass is 331 g/mol. The van der Waals surface area contributed by atoms with Crippen LogP contribution < -0.4 is 10.1 Å². The van der Waals surface area contributed by atoms with Gasteiger partial charge in [-0.05, 0) is 37.4 Å². The summed E-state index contributed by atoms with van der Waals surface area (Å²) >= 11 is 0. The molecule has 2 amide bonds. The topological polar surface area (TPSA) is 61.9 Å². The third-order valence-electron chi connectivity index (χ3n) is 4.88. The Labute approximate surface area is 142 Å². The van der Waals surface area contributed by atoms with E-state index < -0.39 is 0 Å². The van der Waals surface area contributed by atoms with Gasteiger partial charge in [0.1, 0.15) is 5.75 Å². The first-order chi connectivity index (χ1) is 11.7. The van der Waals surface area contributed by atoms with Crippen molar-refractivity contribution >= 4 is 11.8 Å². The Balaban J connectivity index is 1.61. The minimum absolute atomic E-state index is 0.0526. The summed E-state index contributed by atoms with van der Waals surface area (Å²) < 4.78 is 5.44. The summed E-state index contributed by atoms with van der Waals surface area (Å²) in [6.45, 7) is 2.67. The third-order valence-corrected chi connectivity index (χ3v) is 4.88. The predicted molar refractivity (Wildman–Crippen MR) is 90.9 cm³/mol. The quantitative estimate of drug-likeness (QED) is 0.861. The molecule has 0 bridgehead atoms. The first kappa shape index (κ1) is 16.8. The lowest BCUT2D eigenvalue weighted by atomic mass is 10.0. The maximum Gasteiger partial charge on any atom is 0.239 e. The molecule has 0 aliphatic carbocycles. The van der Waals surface area contributed by atoms with Crippen molar-refractivity contribution in [2.45, 2.75) is 25.3 Å². The zero-order chi connectivity index (χ0) is 16.9. The van der Waals surface area contributed by atoms with Crippen LogP contribution in [0, 0.1) is 0 Å². The van der Waals surface area contributed by atoms with Gasteiger partial charge in [-0.2, -0.15) is 0 Å². The van der Waals surface area contributed by atoms with Crippen molar-refractivity contribution in [3.8, 4) is 5.75 Å². The number of nitrogens with zero attached hydrogens (tertiary/aromatic N) is 2. The average Bonchev–Trinajstić information content (AvgIpc) is 3.02. The van der Waals surface area contributed by atoms with Gasteiger partial charge in [-0.3, -0.25) is 14.5 Å². The van der Waals surface area contributed by atoms with Gasteiger partial charge in [0.25, 0.3) is 0 Å². The number of likely N-dealkylation sites (tertiary alicyclic amines) is 1. The minimum Gasteiger partial charge on any atom is -0.496 e. The van der Waals surface area contributed by atoms with Crippen LogP contribution in [0.2, 0.25) is 0 Å². The molecule has 24 heavy (non-hydrogen) atoms. The number of para-hydroxylation sites is 1. The Bertz CT molecular complexity index is 605. The number of methoxy groups -OCH3 is 1. The molecule has 130 valence electrons. The fourth-order valence-corrected chi connectivity index (χ4v) is 3.59. The first-order valence-corrected chi connectivity index (χ1v) is 8.58. The number of benzene rings is 1. The minimum atomic E-state index is -0.0680. The zero-order valence-corrected chi connectivity index (χ0v) is 14.2. The van der Waals surface area contributed by atoms with Gasteiger partial charge in [-0.25, -0.2) is 0 Å². The molecule has 3 rings (SSSR count). The average molecular weight is 331 g/mol. The van der Waals surface area contributed by atoms with Gasteiger partial charge in [-0.15, -0.1) is 0 Å². The number of carbonyl (C=O) groups excluding carboxylic acids is 2. The van der Waals surface area contributed by atoms with Crippen LogP contribution in [0.4, 0.5) is 0 Å². The van der Waals surface area contributed by atoms with Crippen LogP contribution in [-0.4, -0.2) is 67.5 Å². The molecule has 1 aromatic rings. The number of hydrogen-bond acceptors (Lipinski definition) is 4. The smallest absolute Gasteiger partial charge is 0.239 e. The van der Waals surface area contributed by atoms with Gasteiger partial charge in [0.15, 0.2) is 0 Å². The van der Waals surface area contributed by atoms with Crippen molar-refractivity contribution in [3.05, 3.63) is 29.8 Å². The molecule has 2 aliphatic rings. The van der Waals surface area contributed by atoms with E-state index in [1.165, 1.54) is 5.56 Å². The second-order valence-corrected chi connectivity index (χ2v) is 6.45. The number of carbonyl (C=O) groups is 2. The summed E-state index contributed by atoms with van der Waals surface area (Å²) in [6, 6.07) is 8.41. The third kappa shape index (κ3) is 3.87.